The molecule has 2 rings (SSSR count). The normalized spacial score (nSPS) is 20.1. The van der Waals surface area contributed by atoms with E-state index in [2.05, 4.69) is 44.3 Å². The Hall–Kier alpha value is -1.02. The lowest BCUT2D eigenvalue weighted by Gasteiger charge is -2.20. The van der Waals surface area contributed by atoms with Crippen molar-refractivity contribution in [2.75, 3.05) is 13.7 Å². The molecule has 1 heterocycles. The number of hydrogen-bond acceptors (Lipinski definition) is 2. The number of rotatable bonds is 2. The van der Waals surface area contributed by atoms with E-state index >= 15 is 0 Å². The fourth-order valence-corrected chi connectivity index (χ4v) is 1.75. The smallest absolute Gasteiger partial charge is 0.123 e. The van der Waals surface area contributed by atoms with Crippen molar-refractivity contribution < 1.29 is 4.74 Å². The largest absolute Gasteiger partial charge is 0.496 e. The molecule has 1 fully saturated rings. The fraction of sp³-hybridized carbons (Fsp3) is 0.538. The number of hydrogen-bond donors (Lipinski definition) is 1. The van der Waals surface area contributed by atoms with E-state index < -0.39 is 0 Å². The van der Waals surface area contributed by atoms with E-state index in [-0.39, 0.29) is 5.41 Å². The second-order valence-corrected chi connectivity index (χ2v) is 5.17. The van der Waals surface area contributed by atoms with Crippen molar-refractivity contribution in [3.05, 3.63) is 29.3 Å². The summed E-state index contributed by atoms with van der Waals surface area (Å²) in [6.07, 6.45) is 0. The van der Waals surface area contributed by atoms with Crippen LogP contribution in [0.2, 0.25) is 0 Å². The van der Waals surface area contributed by atoms with Gasteiger partial charge in [0.25, 0.3) is 0 Å². The summed E-state index contributed by atoms with van der Waals surface area (Å²) in [6.45, 7) is 7.78. The van der Waals surface area contributed by atoms with Gasteiger partial charge in [0.1, 0.15) is 5.75 Å². The Balaban J connectivity index is 2.40. The van der Waals surface area contributed by atoms with Gasteiger partial charge in [-0.1, -0.05) is 26.8 Å². The average Bonchev–Trinajstić information content (AvgIpc) is 2.98. The van der Waals surface area contributed by atoms with Crippen molar-refractivity contribution in [2.45, 2.75) is 32.2 Å². The molecular formula is C13H19NO. The van der Waals surface area contributed by atoms with E-state index in [4.69, 9.17) is 4.74 Å². The molecule has 0 aliphatic carbocycles. The molecule has 15 heavy (non-hydrogen) atoms. The van der Waals surface area contributed by atoms with Crippen LogP contribution >= 0.6 is 0 Å². The van der Waals surface area contributed by atoms with Crippen LogP contribution in [0.25, 0.3) is 0 Å². The maximum absolute atomic E-state index is 5.37. The van der Waals surface area contributed by atoms with Gasteiger partial charge >= 0.3 is 0 Å². The molecule has 1 atom stereocenters. The Labute approximate surface area is 91.6 Å². The van der Waals surface area contributed by atoms with Gasteiger partial charge in [0, 0.05) is 18.2 Å². The Bertz CT molecular complexity index is 361. The number of benzene rings is 1. The molecule has 2 heteroatoms. The quantitative estimate of drug-likeness (QED) is 0.752. The molecule has 82 valence electrons. The fourth-order valence-electron chi connectivity index (χ4n) is 1.75. The van der Waals surface area contributed by atoms with E-state index in [0.717, 1.165) is 12.3 Å². The molecule has 0 radical (unpaired) electrons. The van der Waals surface area contributed by atoms with Crippen LogP contribution in [0.4, 0.5) is 0 Å². The lowest BCUT2D eigenvalue weighted by Crippen LogP contribution is -2.11. The van der Waals surface area contributed by atoms with Crippen molar-refractivity contribution in [3.63, 3.8) is 0 Å². The van der Waals surface area contributed by atoms with Crippen molar-refractivity contribution in [3.8, 4) is 5.75 Å². The van der Waals surface area contributed by atoms with E-state index in [1.54, 1.807) is 7.11 Å². The highest BCUT2D eigenvalue weighted by molar-refractivity contribution is 5.43. The van der Waals surface area contributed by atoms with Crippen LogP contribution in [-0.2, 0) is 5.41 Å². The SMILES string of the molecule is COc1ccc(C(C)(C)C)cc1C1CN1. The highest BCUT2D eigenvalue weighted by Crippen LogP contribution is 2.34. The maximum atomic E-state index is 5.37. The minimum absolute atomic E-state index is 0.204. The summed E-state index contributed by atoms with van der Waals surface area (Å²) in [5, 5.41) is 3.32. The van der Waals surface area contributed by atoms with Crippen LogP contribution in [0, 0.1) is 0 Å². The summed E-state index contributed by atoms with van der Waals surface area (Å²) in [5.41, 5.74) is 2.87. The Morgan fingerprint density at radius 3 is 2.47 bits per heavy atom. The molecule has 1 aliphatic heterocycles. The predicted octanol–water partition coefficient (Wildman–Crippen LogP) is 2.64. The summed E-state index contributed by atoms with van der Waals surface area (Å²) < 4.78 is 5.37. The van der Waals surface area contributed by atoms with Gasteiger partial charge in [-0.05, 0) is 23.1 Å². The van der Waals surface area contributed by atoms with Gasteiger partial charge in [-0.2, -0.15) is 0 Å². The molecule has 2 nitrogen and oxygen atoms in total. The molecule has 0 spiro atoms. The van der Waals surface area contributed by atoms with Crippen molar-refractivity contribution in [1.82, 2.24) is 5.32 Å². The molecule has 0 amide bonds. The summed E-state index contributed by atoms with van der Waals surface area (Å²) in [4.78, 5) is 0. The molecule has 0 saturated carbocycles. The third-order valence-corrected chi connectivity index (χ3v) is 2.88. The third-order valence-electron chi connectivity index (χ3n) is 2.88. The van der Waals surface area contributed by atoms with E-state index in [0.29, 0.717) is 6.04 Å². The first-order chi connectivity index (χ1) is 7.02. The van der Waals surface area contributed by atoms with Gasteiger partial charge < -0.3 is 10.1 Å². The number of methoxy groups -OCH3 is 1. The van der Waals surface area contributed by atoms with Crippen LogP contribution < -0.4 is 10.1 Å². The van der Waals surface area contributed by atoms with Crippen molar-refractivity contribution >= 4 is 0 Å². The summed E-state index contributed by atoms with van der Waals surface area (Å²) in [7, 11) is 1.73. The minimum atomic E-state index is 0.204. The zero-order chi connectivity index (χ0) is 11.1. The van der Waals surface area contributed by atoms with E-state index in [1.807, 2.05) is 0 Å². The van der Waals surface area contributed by atoms with Crippen LogP contribution in [0.5, 0.6) is 5.75 Å². The molecule has 1 N–H and O–H groups in total. The van der Waals surface area contributed by atoms with Gasteiger partial charge in [-0.15, -0.1) is 0 Å². The zero-order valence-corrected chi connectivity index (χ0v) is 9.92. The molecule has 1 aromatic carbocycles. The highest BCUT2D eigenvalue weighted by atomic mass is 16.5. The molecule has 1 saturated heterocycles. The highest BCUT2D eigenvalue weighted by Gasteiger charge is 2.27. The van der Waals surface area contributed by atoms with Crippen LogP contribution in [0.15, 0.2) is 18.2 Å². The van der Waals surface area contributed by atoms with Gasteiger partial charge in [0.15, 0.2) is 0 Å². The van der Waals surface area contributed by atoms with Crippen LogP contribution in [0.3, 0.4) is 0 Å². The van der Waals surface area contributed by atoms with Gasteiger partial charge in [-0.3, -0.25) is 0 Å². The molecule has 0 aromatic heterocycles. The molecule has 1 unspecified atom stereocenters. The zero-order valence-electron chi connectivity index (χ0n) is 9.92. The van der Waals surface area contributed by atoms with Crippen molar-refractivity contribution in [1.29, 1.82) is 0 Å². The Morgan fingerprint density at radius 2 is 2.00 bits per heavy atom. The first kappa shape index (κ1) is 10.5. The van der Waals surface area contributed by atoms with Crippen LogP contribution in [-0.4, -0.2) is 13.7 Å². The second-order valence-electron chi connectivity index (χ2n) is 5.17. The summed E-state index contributed by atoms with van der Waals surface area (Å²) in [6, 6.07) is 7.01. The Kier molecular flexibility index (Phi) is 2.47. The lowest BCUT2D eigenvalue weighted by atomic mass is 9.85. The summed E-state index contributed by atoms with van der Waals surface area (Å²) >= 11 is 0. The Morgan fingerprint density at radius 1 is 1.33 bits per heavy atom. The topological polar surface area (TPSA) is 31.2 Å². The average molecular weight is 205 g/mol. The van der Waals surface area contributed by atoms with E-state index in [9.17, 15) is 0 Å². The minimum Gasteiger partial charge on any atom is -0.496 e. The van der Waals surface area contributed by atoms with E-state index in [1.165, 1.54) is 11.1 Å². The maximum Gasteiger partial charge on any atom is 0.123 e. The number of nitrogens with one attached hydrogen (secondary N) is 1. The van der Waals surface area contributed by atoms with Crippen molar-refractivity contribution in [2.24, 2.45) is 0 Å². The number of ether oxygens (including phenoxy) is 1. The molecular weight excluding hydrogens is 186 g/mol. The van der Waals surface area contributed by atoms with Gasteiger partial charge in [0.2, 0.25) is 0 Å². The monoisotopic (exact) mass is 205 g/mol. The summed E-state index contributed by atoms with van der Waals surface area (Å²) in [5.74, 6) is 0.998. The first-order valence-corrected chi connectivity index (χ1v) is 5.44. The lowest BCUT2D eigenvalue weighted by molar-refractivity contribution is 0.409. The second kappa shape index (κ2) is 3.53. The standard InChI is InChI=1S/C13H19NO/c1-13(2,3)9-5-6-12(15-4)10(7-9)11-8-14-11/h5-7,11,14H,8H2,1-4H3. The molecule has 1 aromatic rings. The van der Waals surface area contributed by atoms with Crippen LogP contribution in [0.1, 0.15) is 37.9 Å². The van der Waals surface area contributed by atoms with Gasteiger partial charge in [-0.25, -0.2) is 0 Å². The van der Waals surface area contributed by atoms with Gasteiger partial charge in [0.05, 0.1) is 7.11 Å². The molecule has 1 aliphatic rings. The predicted molar refractivity (Wildman–Crippen MR) is 62.4 cm³/mol. The third kappa shape index (κ3) is 2.15. The first-order valence-electron chi connectivity index (χ1n) is 5.44. The molecule has 0 bridgehead atoms.